The van der Waals surface area contributed by atoms with E-state index in [1.807, 2.05) is 6.92 Å². The van der Waals surface area contributed by atoms with Gasteiger partial charge in [0.05, 0.1) is 10.8 Å². The van der Waals surface area contributed by atoms with Crippen LogP contribution in [0.15, 0.2) is 11.6 Å². The Labute approximate surface area is 210 Å². The van der Waals surface area contributed by atoms with Crippen LogP contribution in [0.25, 0.3) is 0 Å². The Morgan fingerprint density at radius 3 is 2.39 bits per heavy atom. The molecule has 11 heteroatoms. The minimum atomic E-state index is -5.50. The van der Waals surface area contributed by atoms with Gasteiger partial charge in [-0.25, -0.2) is 0 Å². The first kappa shape index (κ1) is 28.9. The van der Waals surface area contributed by atoms with Gasteiger partial charge in [-0.15, -0.1) is 0 Å². The van der Waals surface area contributed by atoms with Crippen molar-refractivity contribution in [1.82, 2.24) is 0 Å². The van der Waals surface area contributed by atoms with Gasteiger partial charge in [0.2, 0.25) is 5.25 Å². The Balaban J connectivity index is 1.67. The molecule has 0 aromatic rings. The molecule has 7 nitrogen and oxygen atoms in total. The van der Waals surface area contributed by atoms with Crippen molar-refractivity contribution in [2.45, 2.75) is 96.6 Å². The second-order valence-electron chi connectivity index (χ2n) is 11.6. The molecular weight excluding hydrogens is 501 g/mol. The van der Waals surface area contributed by atoms with Crippen molar-refractivity contribution in [2.75, 3.05) is 6.61 Å². The normalized spacial score (nSPS) is 35.9. The average molecular weight is 539 g/mol. The van der Waals surface area contributed by atoms with Crippen LogP contribution in [0.5, 0.6) is 0 Å². The maximum absolute atomic E-state index is 13.3. The molecule has 0 radical (unpaired) electrons. The number of carbonyl (C=O) groups is 2. The first-order valence-corrected chi connectivity index (χ1v) is 14.1. The van der Waals surface area contributed by atoms with E-state index in [-0.39, 0.29) is 30.1 Å². The number of fused-ring (bicyclic) bond motifs is 2. The predicted octanol–water partition coefficient (Wildman–Crippen LogP) is 5.25. The average Bonchev–Trinajstić information content (AvgIpc) is 2.72. The molecule has 2 bridgehead atoms. The van der Waals surface area contributed by atoms with Crippen LogP contribution in [0.2, 0.25) is 0 Å². The van der Waals surface area contributed by atoms with E-state index in [1.165, 1.54) is 5.57 Å². The summed E-state index contributed by atoms with van der Waals surface area (Å²) < 4.78 is 81.2. The Morgan fingerprint density at radius 1 is 1.14 bits per heavy atom. The number of alkyl halides is 3. The molecule has 1 N–H and O–H groups in total. The molecule has 0 aliphatic heterocycles. The second-order valence-corrected chi connectivity index (χ2v) is 13.2. The molecule has 3 aliphatic rings. The van der Waals surface area contributed by atoms with Gasteiger partial charge in [-0.1, -0.05) is 25.5 Å². The molecule has 7 unspecified atom stereocenters. The summed E-state index contributed by atoms with van der Waals surface area (Å²) in [5.74, 6) is -0.959. The molecule has 2 saturated carbocycles. The lowest BCUT2D eigenvalue weighted by atomic mass is 9.60. The van der Waals surface area contributed by atoms with E-state index in [2.05, 4.69) is 19.9 Å². The second kappa shape index (κ2) is 10.3. The summed E-state index contributed by atoms with van der Waals surface area (Å²) in [6, 6.07) is 0. The number of esters is 2. The van der Waals surface area contributed by atoms with Crippen molar-refractivity contribution in [1.29, 1.82) is 0 Å². The molecule has 0 saturated heterocycles. The minimum absolute atomic E-state index is 0.121. The molecule has 3 aliphatic carbocycles. The standard InChI is InChI=1S/C25H37F3O7S/c1-5-16-8-15(2)10-23(3,11-16)22(30)35-19-7-6-17-9-18(19)13-24(4,12-17)21(29)34-14-20(25(26,27)28)36(31,32)33/h8,15,17-20H,5-7,9-14H2,1-4H3,(H,31,32,33). The number of ether oxygens (including phenoxy) is 2. The lowest BCUT2D eigenvalue weighted by molar-refractivity contribution is -0.177. The van der Waals surface area contributed by atoms with Gasteiger partial charge in [0, 0.05) is 0 Å². The van der Waals surface area contributed by atoms with Crippen LogP contribution >= 0.6 is 0 Å². The number of hydrogen-bond acceptors (Lipinski definition) is 6. The number of allylic oxidation sites excluding steroid dienone is 2. The highest BCUT2D eigenvalue weighted by molar-refractivity contribution is 7.86. The first-order valence-electron chi connectivity index (χ1n) is 12.6. The van der Waals surface area contributed by atoms with E-state index in [0.717, 1.165) is 12.8 Å². The van der Waals surface area contributed by atoms with Gasteiger partial charge in [0.15, 0.2) is 0 Å². The van der Waals surface area contributed by atoms with E-state index >= 15 is 0 Å². The lowest BCUT2D eigenvalue weighted by Crippen LogP contribution is -2.48. The van der Waals surface area contributed by atoms with Crippen molar-refractivity contribution in [3.8, 4) is 0 Å². The van der Waals surface area contributed by atoms with E-state index < -0.39 is 51.1 Å². The van der Waals surface area contributed by atoms with Crippen molar-refractivity contribution in [3.63, 3.8) is 0 Å². The van der Waals surface area contributed by atoms with Crippen molar-refractivity contribution in [2.24, 2.45) is 28.6 Å². The third-order valence-corrected chi connectivity index (χ3v) is 9.29. The Kier molecular flexibility index (Phi) is 8.26. The fraction of sp³-hybridized carbons (Fsp3) is 0.840. The van der Waals surface area contributed by atoms with Crippen LogP contribution in [0.1, 0.15) is 79.1 Å². The van der Waals surface area contributed by atoms with Crippen LogP contribution in [0, 0.1) is 28.6 Å². The van der Waals surface area contributed by atoms with Crippen molar-refractivity contribution < 1.29 is 45.2 Å². The molecule has 0 heterocycles. The third kappa shape index (κ3) is 6.44. The molecule has 2 fully saturated rings. The highest BCUT2D eigenvalue weighted by Gasteiger charge is 2.52. The van der Waals surface area contributed by atoms with Gasteiger partial charge < -0.3 is 9.47 Å². The Bertz CT molecular complexity index is 992. The van der Waals surface area contributed by atoms with Crippen LogP contribution in [-0.2, 0) is 29.2 Å². The largest absolute Gasteiger partial charge is 0.463 e. The summed E-state index contributed by atoms with van der Waals surface area (Å²) in [5.41, 5.74) is -0.544. The molecule has 0 aromatic carbocycles. The van der Waals surface area contributed by atoms with Crippen molar-refractivity contribution >= 4 is 22.1 Å². The number of carbonyl (C=O) groups excluding carboxylic acids is 2. The van der Waals surface area contributed by atoms with E-state index in [9.17, 15) is 31.2 Å². The predicted molar refractivity (Wildman–Crippen MR) is 125 cm³/mol. The summed E-state index contributed by atoms with van der Waals surface area (Å²) in [6.45, 7) is 6.15. The summed E-state index contributed by atoms with van der Waals surface area (Å²) in [6.07, 6.45) is 1.50. The lowest BCUT2D eigenvalue weighted by Gasteiger charge is -2.47. The number of rotatable bonds is 7. The maximum atomic E-state index is 13.3. The smallest absolute Gasteiger partial charge is 0.411 e. The molecule has 0 amide bonds. The Hall–Kier alpha value is -1.62. The maximum Gasteiger partial charge on any atom is 0.411 e. The molecule has 0 aromatic heterocycles. The zero-order valence-electron chi connectivity index (χ0n) is 21.3. The van der Waals surface area contributed by atoms with E-state index in [1.54, 1.807) is 6.92 Å². The van der Waals surface area contributed by atoms with Gasteiger partial charge >= 0.3 is 18.1 Å². The summed E-state index contributed by atoms with van der Waals surface area (Å²) in [5, 5.41) is -3.20. The van der Waals surface area contributed by atoms with Crippen molar-refractivity contribution in [3.05, 3.63) is 11.6 Å². The Morgan fingerprint density at radius 2 is 1.81 bits per heavy atom. The monoisotopic (exact) mass is 538 g/mol. The van der Waals surface area contributed by atoms with Gasteiger partial charge in [-0.3, -0.25) is 14.1 Å². The first-order chi connectivity index (χ1) is 16.5. The van der Waals surface area contributed by atoms with Gasteiger partial charge in [0.1, 0.15) is 12.7 Å². The highest BCUT2D eigenvalue weighted by atomic mass is 32.2. The van der Waals surface area contributed by atoms with Crippen LogP contribution in [0.4, 0.5) is 13.2 Å². The number of halogens is 3. The molecule has 206 valence electrons. The topological polar surface area (TPSA) is 107 Å². The number of hydrogen-bond donors (Lipinski definition) is 1. The summed E-state index contributed by atoms with van der Waals surface area (Å²) in [7, 11) is -5.50. The molecule has 36 heavy (non-hydrogen) atoms. The van der Waals surface area contributed by atoms with Gasteiger partial charge in [0.25, 0.3) is 10.1 Å². The van der Waals surface area contributed by atoms with Crippen LogP contribution in [0.3, 0.4) is 0 Å². The third-order valence-electron chi connectivity index (χ3n) is 8.17. The van der Waals surface area contributed by atoms with Crippen LogP contribution < -0.4 is 0 Å². The zero-order chi connectivity index (χ0) is 27.1. The molecule has 0 spiro atoms. The molecular formula is C25H37F3O7S. The SMILES string of the molecule is CCC1=CC(C)CC(C)(C(=O)OC2CCC3CC2CC(C)(C(=O)OCC(C(F)(F)F)S(=O)(=O)O)C3)C1. The minimum Gasteiger partial charge on any atom is -0.463 e. The summed E-state index contributed by atoms with van der Waals surface area (Å²) in [4.78, 5) is 26.2. The highest BCUT2D eigenvalue weighted by Crippen LogP contribution is 2.51. The summed E-state index contributed by atoms with van der Waals surface area (Å²) >= 11 is 0. The van der Waals surface area contributed by atoms with Gasteiger partial charge in [-0.05, 0) is 83.0 Å². The van der Waals surface area contributed by atoms with Gasteiger partial charge in [-0.2, -0.15) is 21.6 Å². The molecule has 3 rings (SSSR count). The van der Waals surface area contributed by atoms with E-state index in [4.69, 9.17) is 14.0 Å². The quantitative estimate of drug-likeness (QED) is 0.268. The zero-order valence-corrected chi connectivity index (χ0v) is 22.1. The molecule has 7 atom stereocenters. The fourth-order valence-electron chi connectivity index (χ4n) is 6.51. The fourth-order valence-corrected chi connectivity index (χ4v) is 7.09. The van der Waals surface area contributed by atoms with Crippen LogP contribution in [-0.4, -0.2) is 49.0 Å². The van der Waals surface area contributed by atoms with E-state index in [0.29, 0.717) is 32.1 Å².